The molecule has 0 N–H and O–H groups in total. The summed E-state index contributed by atoms with van der Waals surface area (Å²) in [5.74, 6) is 0. The van der Waals surface area contributed by atoms with Crippen molar-refractivity contribution in [1.82, 2.24) is 0 Å². The molecule has 0 saturated heterocycles. The van der Waals surface area contributed by atoms with Crippen molar-refractivity contribution in [2.75, 3.05) is 5.08 Å². The van der Waals surface area contributed by atoms with Crippen molar-refractivity contribution in [2.24, 2.45) is 0 Å². The Labute approximate surface area is 37.9 Å². The third-order valence-corrected chi connectivity index (χ3v) is 0.802. The molecule has 0 amide bonds. The van der Waals surface area contributed by atoms with Crippen LogP contribution in [0.5, 0.6) is 0 Å². The van der Waals surface area contributed by atoms with Crippen molar-refractivity contribution in [3.05, 3.63) is 0 Å². The third kappa shape index (κ3) is 4.56. The van der Waals surface area contributed by atoms with E-state index in [4.69, 9.17) is 0 Å². The number of halogens is 2. The van der Waals surface area contributed by atoms with E-state index in [0.717, 1.165) is 0 Å². The van der Waals surface area contributed by atoms with Crippen LogP contribution in [0.3, 0.4) is 0 Å². The molecule has 0 rings (SSSR count). The second-order valence-electron chi connectivity index (χ2n) is 0.336. The van der Waals surface area contributed by atoms with Crippen molar-refractivity contribution in [3.63, 3.8) is 0 Å². The minimum atomic E-state index is -0.111. The lowest BCUT2D eigenvalue weighted by atomic mass is 11.9. The molecule has 0 aromatic carbocycles. The first kappa shape index (κ1) is 5.56. The lowest BCUT2D eigenvalue weighted by Crippen LogP contribution is -1.47. The van der Waals surface area contributed by atoms with E-state index in [2.05, 4.69) is 0 Å². The zero-order chi connectivity index (χ0) is 4.12. The van der Waals surface area contributed by atoms with Crippen LogP contribution in [0.15, 0.2) is 0 Å². The number of hydrogen-bond donors (Lipinski definition) is 0. The van der Waals surface area contributed by atoms with Crippen molar-refractivity contribution in [2.45, 2.75) is 0 Å². The van der Waals surface area contributed by atoms with E-state index in [1.165, 1.54) is 0 Å². The van der Waals surface area contributed by atoms with Crippen LogP contribution in [0, 0.1) is 0 Å². The summed E-state index contributed by atoms with van der Waals surface area (Å²) in [6.45, 7) is 0. The third-order valence-electron chi connectivity index (χ3n) is 0.0891. The van der Waals surface area contributed by atoms with Gasteiger partial charge in [-0.3, -0.25) is 0 Å². The molecule has 4 heteroatoms. The molecule has 0 aliphatic rings. The molecule has 0 heterocycles. The average molecular weight is 116 g/mol. The van der Waals surface area contributed by atoms with Gasteiger partial charge in [-0.15, -0.1) is 0 Å². The van der Waals surface area contributed by atoms with Gasteiger partial charge in [-0.1, -0.05) is 0 Å². The van der Waals surface area contributed by atoms with Crippen LogP contribution >= 0.6 is 24.3 Å². The Kier molecular flexibility index (Phi) is 5.07. The van der Waals surface area contributed by atoms with Crippen LogP contribution in [0.25, 0.3) is 0 Å². The molecule has 0 unspecified atom stereocenters. The summed E-state index contributed by atoms with van der Waals surface area (Å²) < 4.78 is 21.3. The predicted octanol–water partition coefficient (Wildman–Crippen LogP) is 2.18. The van der Waals surface area contributed by atoms with E-state index in [1.54, 1.807) is 0 Å². The molecule has 5 heavy (non-hydrogen) atoms. The van der Waals surface area contributed by atoms with Gasteiger partial charge in [0.1, 0.15) is 5.08 Å². The van der Waals surface area contributed by atoms with Gasteiger partial charge in [0.25, 0.3) is 0 Å². The van der Waals surface area contributed by atoms with Gasteiger partial charge in [-0.25, -0.2) is 0 Å². The van der Waals surface area contributed by atoms with Crippen LogP contribution in [-0.4, -0.2) is 5.08 Å². The molecular weight excluding hydrogens is 114 g/mol. The van der Waals surface area contributed by atoms with Gasteiger partial charge in [0.05, 0.1) is 24.3 Å². The van der Waals surface area contributed by atoms with E-state index in [0.29, 0.717) is 0 Å². The highest BCUT2D eigenvalue weighted by Gasteiger charge is 1.77. The maximum atomic E-state index is 10.6. The van der Waals surface area contributed by atoms with E-state index in [-0.39, 0.29) is 29.4 Å². The Morgan fingerprint density at radius 3 is 1.60 bits per heavy atom. The molecule has 0 radical (unpaired) electrons. The smallest absolute Gasteiger partial charge is 0.102 e. The largest absolute Gasteiger partial charge is 0.164 e. The highest BCUT2D eigenvalue weighted by Crippen LogP contribution is 2.11. The summed E-state index contributed by atoms with van der Waals surface area (Å²) in [6, 6.07) is 0. The van der Waals surface area contributed by atoms with Crippen molar-refractivity contribution in [3.8, 4) is 0 Å². The van der Waals surface area contributed by atoms with E-state index in [1.807, 2.05) is 0 Å². The molecule has 0 aromatic rings. The molecule has 32 valence electrons. The van der Waals surface area contributed by atoms with Crippen molar-refractivity contribution in [1.29, 1.82) is 0 Å². The zero-order valence-corrected chi connectivity index (χ0v) is 3.91. The van der Waals surface area contributed by atoms with Gasteiger partial charge in [0, 0.05) is 0 Å². The fourth-order valence-electron chi connectivity index (χ4n) is 0.0168. The second kappa shape index (κ2) is 4.56. The van der Waals surface area contributed by atoms with Gasteiger partial charge in [0.2, 0.25) is 0 Å². The predicted molar refractivity (Wildman–Crippen MR) is 22.3 cm³/mol. The Balaban J connectivity index is 2.19. The molecule has 0 fully saturated rings. The summed E-state index contributed by atoms with van der Waals surface area (Å²) in [4.78, 5) is 0. The molecule has 0 nitrogen and oxygen atoms in total. The Morgan fingerprint density at radius 1 is 1.20 bits per heavy atom. The molecule has 0 atom stereocenters. The monoisotopic (exact) mass is 116 g/mol. The molecule has 0 aliphatic carbocycles. The molecule has 0 aliphatic heterocycles. The Hall–Kier alpha value is 0.560. The fourth-order valence-corrected chi connectivity index (χ4v) is 0.152. The lowest BCUT2D eigenvalue weighted by Gasteiger charge is -1.70. The normalized spacial score (nSPS) is 8.40. The molecule has 0 bridgehead atoms. The summed E-state index contributed by atoms with van der Waals surface area (Å²) in [6.07, 6.45) is 0. The van der Waals surface area contributed by atoms with E-state index in [9.17, 15) is 7.77 Å². The van der Waals surface area contributed by atoms with Crippen LogP contribution in [0.2, 0.25) is 0 Å². The SMILES string of the molecule is FSCSF. The maximum absolute atomic E-state index is 10.6. The minimum Gasteiger partial charge on any atom is -0.164 e. The second-order valence-corrected chi connectivity index (χ2v) is 1.72. The first-order valence-corrected chi connectivity index (χ1v) is 2.66. The zero-order valence-electron chi connectivity index (χ0n) is 2.28. The van der Waals surface area contributed by atoms with Crippen molar-refractivity contribution >= 4 is 24.3 Å². The Bertz CT molecular complexity index is 15.1. The van der Waals surface area contributed by atoms with Crippen LogP contribution in [-0.2, 0) is 0 Å². The average Bonchev–Trinajstić information content (AvgIpc) is 1.41. The maximum Gasteiger partial charge on any atom is 0.102 e. The number of rotatable bonds is 2. The van der Waals surface area contributed by atoms with Gasteiger partial charge < -0.3 is 0 Å². The standard InChI is InChI=1S/CH2F2S2/c2-4-1-5-3/h1H2. The fraction of sp³-hybridized carbons (Fsp3) is 1.00. The van der Waals surface area contributed by atoms with Crippen LogP contribution < -0.4 is 0 Å². The van der Waals surface area contributed by atoms with Gasteiger partial charge in [-0.05, 0) is 0 Å². The van der Waals surface area contributed by atoms with Crippen LogP contribution in [0.4, 0.5) is 7.77 Å². The molecular formula is CH2F2S2. The lowest BCUT2D eigenvalue weighted by molar-refractivity contribution is 0.929. The highest BCUT2D eigenvalue weighted by molar-refractivity contribution is 8.11. The number of hydrogen-bond acceptors (Lipinski definition) is 2. The van der Waals surface area contributed by atoms with Gasteiger partial charge in [0.15, 0.2) is 0 Å². The van der Waals surface area contributed by atoms with E-state index < -0.39 is 0 Å². The highest BCUT2D eigenvalue weighted by atomic mass is 32.2. The van der Waals surface area contributed by atoms with E-state index >= 15 is 0 Å². The minimum absolute atomic E-state index is 0.0104. The first-order chi connectivity index (χ1) is 2.41. The topological polar surface area (TPSA) is 0 Å². The van der Waals surface area contributed by atoms with Gasteiger partial charge >= 0.3 is 0 Å². The van der Waals surface area contributed by atoms with Crippen molar-refractivity contribution < 1.29 is 7.77 Å². The van der Waals surface area contributed by atoms with Gasteiger partial charge in [-0.2, -0.15) is 7.77 Å². The summed E-state index contributed by atoms with van der Waals surface area (Å²) in [7, 11) is 0. The Morgan fingerprint density at radius 2 is 1.60 bits per heavy atom. The summed E-state index contributed by atoms with van der Waals surface area (Å²) in [5.41, 5.74) is 0. The first-order valence-electron chi connectivity index (χ1n) is 0.886. The molecule has 0 saturated carbocycles. The molecule has 0 aromatic heterocycles. The van der Waals surface area contributed by atoms with Crippen LogP contribution in [0.1, 0.15) is 0 Å². The summed E-state index contributed by atoms with van der Waals surface area (Å²) >= 11 is -0.0208. The summed E-state index contributed by atoms with van der Waals surface area (Å²) in [5, 5.41) is -0.111. The quantitative estimate of drug-likeness (QED) is 0.507. The molecule has 0 spiro atoms.